The third kappa shape index (κ3) is 3.72. The van der Waals surface area contributed by atoms with E-state index in [1.54, 1.807) is 16.7 Å². The maximum Gasteiger partial charge on any atom is 0.409 e. The predicted molar refractivity (Wildman–Crippen MR) is 78.6 cm³/mol. The molecule has 1 aromatic carbocycles. The first kappa shape index (κ1) is 15.8. The number of halogens is 2. The standard InChI is InChI=1S/C14H16BrFN2O3/c1-2-21-14(20)18-7-5-17(6-8-18)13(19)11-9-10(16)3-4-12(11)15/h3-4,9H,2,5-8H2,1H3. The fraction of sp³-hybridized carbons (Fsp3) is 0.429. The van der Waals surface area contributed by atoms with Crippen molar-refractivity contribution in [3.05, 3.63) is 34.1 Å². The number of benzene rings is 1. The minimum Gasteiger partial charge on any atom is -0.450 e. The van der Waals surface area contributed by atoms with Gasteiger partial charge in [0.2, 0.25) is 0 Å². The molecule has 21 heavy (non-hydrogen) atoms. The second kappa shape index (κ2) is 6.89. The highest BCUT2D eigenvalue weighted by molar-refractivity contribution is 9.10. The Morgan fingerprint density at radius 2 is 1.86 bits per heavy atom. The van der Waals surface area contributed by atoms with E-state index in [9.17, 15) is 14.0 Å². The van der Waals surface area contributed by atoms with Gasteiger partial charge in [0, 0.05) is 30.7 Å². The van der Waals surface area contributed by atoms with Gasteiger partial charge in [-0.05, 0) is 41.1 Å². The van der Waals surface area contributed by atoms with Gasteiger partial charge >= 0.3 is 6.09 Å². The average molecular weight is 359 g/mol. The lowest BCUT2D eigenvalue weighted by Gasteiger charge is -2.34. The minimum atomic E-state index is -0.452. The van der Waals surface area contributed by atoms with Crippen LogP contribution in [-0.2, 0) is 4.74 Å². The van der Waals surface area contributed by atoms with Gasteiger partial charge in [0.1, 0.15) is 5.82 Å². The number of nitrogens with zero attached hydrogens (tertiary/aromatic N) is 2. The molecule has 0 saturated carbocycles. The molecule has 0 spiro atoms. The van der Waals surface area contributed by atoms with Crippen LogP contribution in [0, 0.1) is 5.82 Å². The Bertz CT molecular complexity index is 545. The highest BCUT2D eigenvalue weighted by Crippen LogP contribution is 2.20. The molecule has 0 unspecified atom stereocenters. The van der Waals surface area contributed by atoms with Gasteiger partial charge < -0.3 is 14.5 Å². The molecule has 1 aromatic rings. The summed E-state index contributed by atoms with van der Waals surface area (Å²) in [6.07, 6.45) is -0.364. The van der Waals surface area contributed by atoms with Gasteiger partial charge in [-0.1, -0.05) is 0 Å². The maximum absolute atomic E-state index is 13.3. The first-order valence-electron chi connectivity index (χ1n) is 6.69. The smallest absolute Gasteiger partial charge is 0.409 e. The quantitative estimate of drug-likeness (QED) is 0.815. The molecule has 114 valence electrons. The van der Waals surface area contributed by atoms with Crippen LogP contribution in [0.2, 0.25) is 0 Å². The highest BCUT2D eigenvalue weighted by Gasteiger charge is 2.26. The summed E-state index contributed by atoms with van der Waals surface area (Å²) in [5.74, 6) is -0.698. The molecular weight excluding hydrogens is 343 g/mol. The molecule has 0 radical (unpaired) electrons. The zero-order valence-electron chi connectivity index (χ0n) is 11.6. The lowest BCUT2D eigenvalue weighted by molar-refractivity contribution is 0.0569. The van der Waals surface area contributed by atoms with Crippen LogP contribution in [0.3, 0.4) is 0 Å². The summed E-state index contributed by atoms with van der Waals surface area (Å²) in [7, 11) is 0. The van der Waals surface area contributed by atoms with E-state index >= 15 is 0 Å². The van der Waals surface area contributed by atoms with Gasteiger partial charge in [-0.3, -0.25) is 4.79 Å². The van der Waals surface area contributed by atoms with Crippen molar-refractivity contribution in [3.8, 4) is 0 Å². The number of hydrogen-bond donors (Lipinski definition) is 0. The van der Waals surface area contributed by atoms with Crippen LogP contribution in [0.5, 0.6) is 0 Å². The van der Waals surface area contributed by atoms with E-state index in [0.29, 0.717) is 42.8 Å². The summed E-state index contributed by atoms with van der Waals surface area (Å²) in [6.45, 7) is 3.71. The molecule has 0 aromatic heterocycles. The van der Waals surface area contributed by atoms with Crippen molar-refractivity contribution in [1.82, 2.24) is 9.80 Å². The van der Waals surface area contributed by atoms with Crippen molar-refractivity contribution in [3.63, 3.8) is 0 Å². The Morgan fingerprint density at radius 3 is 2.48 bits per heavy atom. The van der Waals surface area contributed by atoms with Crippen LogP contribution in [0.1, 0.15) is 17.3 Å². The van der Waals surface area contributed by atoms with Crippen LogP contribution >= 0.6 is 15.9 Å². The van der Waals surface area contributed by atoms with Crippen molar-refractivity contribution in [2.24, 2.45) is 0 Å². The Kier molecular flexibility index (Phi) is 5.17. The first-order chi connectivity index (χ1) is 10.0. The van der Waals surface area contributed by atoms with Crippen LogP contribution in [0.25, 0.3) is 0 Å². The Hall–Kier alpha value is -1.63. The molecule has 5 nitrogen and oxygen atoms in total. The second-order valence-corrected chi connectivity index (χ2v) is 5.46. The van der Waals surface area contributed by atoms with Crippen molar-refractivity contribution in [1.29, 1.82) is 0 Å². The van der Waals surface area contributed by atoms with E-state index < -0.39 is 5.82 Å². The van der Waals surface area contributed by atoms with Gasteiger partial charge in [0.25, 0.3) is 5.91 Å². The summed E-state index contributed by atoms with van der Waals surface area (Å²) in [5, 5.41) is 0. The zero-order chi connectivity index (χ0) is 15.4. The number of piperazine rings is 1. The van der Waals surface area contributed by atoms with E-state index in [4.69, 9.17) is 4.74 Å². The van der Waals surface area contributed by atoms with E-state index in [2.05, 4.69) is 15.9 Å². The van der Waals surface area contributed by atoms with Crippen molar-refractivity contribution in [2.75, 3.05) is 32.8 Å². The largest absolute Gasteiger partial charge is 0.450 e. The summed E-state index contributed by atoms with van der Waals surface area (Å²) >= 11 is 3.25. The van der Waals surface area contributed by atoms with E-state index in [-0.39, 0.29) is 12.0 Å². The van der Waals surface area contributed by atoms with Crippen molar-refractivity contribution < 1.29 is 18.7 Å². The van der Waals surface area contributed by atoms with Crippen molar-refractivity contribution >= 4 is 27.9 Å². The predicted octanol–water partition coefficient (Wildman–Crippen LogP) is 2.50. The minimum absolute atomic E-state index is 0.245. The normalized spacial score (nSPS) is 15.0. The zero-order valence-corrected chi connectivity index (χ0v) is 13.2. The maximum atomic E-state index is 13.3. The van der Waals surface area contributed by atoms with Crippen LogP contribution in [0.4, 0.5) is 9.18 Å². The van der Waals surface area contributed by atoms with E-state index in [1.807, 2.05) is 0 Å². The fourth-order valence-electron chi connectivity index (χ4n) is 2.14. The van der Waals surface area contributed by atoms with Gasteiger partial charge in [-0.25, -0.2) is 9.18 Å². The molecule has 1 heterocycles. The number of hydrogen-bond acceptors (Lipinski definition) is 3. The summed E-state index contributed by atoms with van der Waals surface area (Å²) in [6, 6.07) is 4.02. The number of carbonyl (C=O) groups is 2. The van der Waals surface area contributed by atoms with Crippen LogP contribution in [-0.4, -0.2) is 54.6 Å². The Morgan fingerprint density at radius 1 is 1.24 bits per heavy atom. The third-order valence-electron chi connectivity index (χ3n) is 3.25. The van der Waals surface area contributed by atoms with Crippen LogP contribution in [0.15, 0.2) is 22.7 Å². The molecular formula is C14H16BrFN2O3. The SMILES string of the molecule is CCOC(=O)N1CCN(C(=O)c2cc(F)ccc2Br)CC1. The molecule has 2 amide bonds. The molecule has 1 fully saturated rings. The number of carbonyl (C=O) groups excluding carboxylic acids is 2. The average Bonchev–Trinajstić information content (AvgIpc) is 2.49. The lowest BCUT2D eigenvalue weighted by Crippen LogP contribution is -2.50. The lowest BCUT2D eigenvalue weighted by atomic mass is 10.2. The molecule has 0 aliphatic carbocycles. The second-order valence-electron chi connectivity index (χ2n) is 4.60. The molecule has 0 N–H and O–H groups in total. The van der Waals surface area contributed by atoms with Gasteiger partial charge in [-0.15, -0.1) is 0 Å². The fourth-order valence-corrected chi connectivity index (χ4v) is 2.55. The molecule has 2 rings (SSSR count). The first-order valence-corrected chi connectivity index (χ1v) is 7.48. The molecule has 1 aliphatic rings. The highest BCUT2D eigenvalue weighted by atomic mass is 79.9. The van der Waals surface area contributed by atoms with Crippen LogP contribution < -0.4 is 0 Å². The molecule has 1 aliphatic heterocycles. The molecule has 0 atom stereocenters. The number of amides is 2. The number of ether oxygens (including phenoxy) is 1. The Balaban J connectivity index is 2.00. The van der Waals surface area contributed by atoms with Gasteiger partial charge in [-0.2, -0.15) is 0 Å². The molecule has 7 heteroatoms. The summed E-state index contributed by atoms with van der Waals surface area (Å²) < 4.78 is 18.7. The van der Waals surface area contributed by atoms with E-state index in [0.717, 1.165) is 0 Å². The van der Waals surface area contributed by atoms with Gasteiger partial charge in [0.15, 0.2) is 0 Å². The summed E-state index contributed by atoms with van der Waals surface area (Å²) in [5.41, 5.74) is 0.291. The molecule has 1 saturated heterocycles. The summed E-state index contributed by atoms with van der Waals surface area (Å²) in [4.78, 5) is 27.1. The number of rotatable bonds is 2. The Labute approximate surface area is 130 Å². The van der Waals surface area contributed by atoms with Gasteiger partial charge in [0.05, 0.1) is 12.2 Å². The monoisotopic (exact) mass is 358 g/mol. The van der Waals surface area contributed by atoms with E-state index in [1.165, 1.54) is 18.2 Å². The molecule has 0 bridgehead atoms. The van der Waals surface area contributed by atoms with Crippen molar-refractivity contribution in [2.45, 2.75) is 6.92 Å². The third-order valence-corrected chi connectivity index (χ3v) is 3.94. The topological polar surface area (TPSA) is 49.9 Å².